The molecule has 0 spiro atoms. The van der Waals surface area contributed by atoms with E-state index in [2.05, 4.69) is 4.94 Å². The van der Waals surface area contributed by atoms with Crippen LogP contribution in [0.25, 0.3) is 0 Å². The van der Waals surface area contributed by atoms with Crippen molar-refractivity contribution in [3.05, 3.63) is 5.21 Å². The van der Waals surface area contributed by atoms with Gasteiger partial charge in [-0.05, 0) is 0 Å². The first-order valence-electron chi connectivity index (χ1n) is 1.64. The van der Waals surface area contributed by atoms with Gasteiger partial charge in [0.05, 0.1) is 0 Å². The molecular formula is C2H7N2O3-. The summed E-state index contributed by atoms with van der Waals surface area (Å²) in [4.78, 5) is 3.92. The van der Waals surface area contributed by atoms with Crippen LogP contribution in [0.2, 0.25) is 0 Å². The summed E-state index contributed by atoms with van der Waals surface area (Å²) < 4.78 is 0. The third-order valence-electron chi connectivity index (χ3n) is 0.233. The summed E-state index contributed by atoms with van der Waals surface area (Å²) in [6, 6.07) is 0. The van der Waals surface area contributed by atoms with Crippen molar-refractivity contribution in [2.45, 2.75) is 0 Å². The molecule has 0 aliphatic heterocycles. The fourth-order valence-electron chi connectivity index (χ4n) is 0.166. The molecule has 0 bridgehead atoms. The Morgan fingerprint density at radius 3 is 2.00 bits per heavy atom. The van der Waals surface area contributed by atoms with Crippen LogP contribution in [0.3, 0.4) is 0 Å². The Morgan fingerprint density at radius 2 is 2.00 bits per heavy atom. The summed E-state index contributed by atoms with van der Waals surface area (Å²) in [5, 5.41) is 18.3. The first kappa shape index (κ1) is 6.80. The monoisotopic (exact) mass is 107 g/mol. The van der Waals surface area contributed by atoms with Crippen molar-refractivity contribution >= 4 is 0 Å². The topological polar surface area (TPSA) is 59.0 Å². The second-order valence-corrected chi connectivity index (χ2v) is 0.986. The molecule has 0 aliphatic carbocycles. The molecule has 44 valence electrons. The highest BCUT2D eigenvalue weighted by Crippen LogP contribution is 1.79. The Bertz CT molecular complexity index is 40.2. The van der Waals surface area contributed by atoms with Gasteiger partial charge >= 0.3 is 0 Å². The number of rotatable bonds is 2. The molecular weight excluding hydrogens is 100 g/mol. The number of hydrogen-bond acceptors (Lipinski definition) is 5. The minimum Gasteiger partial charge on any atom is -0.761 e. The first-order valence-corrected chi connectivity index (χ1v) is 1.64. The van der Waals surface area contributed by atoms with Gasteiger partial charge in [0, 0.05) is 14.1 Å². The van der Waals surface area contributed by atoms with Crippen LogP contribution in [-0.4, -0.2) is 29.8 Å². The zero-order valence-electron chi connectivity index (χ0n) is 4.16. The van der Waals surface area contributed by atoms with E-state index in [1.807, 2.05) is 0 Å². The number of nitrogens with zero attached hydrogens (tertiary/aromatic N) is 2. The maximum atomic E-state index is 9.75. The minimum atomic E-state index is 0.125. The quantitative estimate of drug-likeness (QED) is 0.486. The largest absolute Gasteiger partial charge is 0.761 e. The maximum Gasteiger partial charge on any atom is 0.0421 e. The second kappa shape index (κ2) is 2.89. The molecule has 0 radical (unpaired) electrons. The van der Waals surface area contributed by atoms with Crippen LogP contribution < -0.4 is 0 Å². The van der Waals surface area contributed by atoms with Crippen molar-refractivity contribution in [2.75, 3.05) is 14.1 Å². The maximum absolute atomic E-state index is 9.75. The molecule has 0 saturated carbocycles. The molecule has 0 atom stereocenters. The molecule has 0 amide bonds. The van der Waals surface area contributed by atoms with Crippen molar-refractivity contribution in [3.8, 4) is 0 Å². The van der Waals surface area contributed by atoms with Crippen molar-refractivity contribution in [2.24, 2.45) is 0 Å². The van der Waals surface area contributed by atoms with Crippen molar-refractivity contribution in [1.82, 2.24) is 10.5 Å². The van der Waals surface area contributed by atoms with E-state index in [0.717, 1.165) is 7.05 Å². The average molecular weight is 107 g/mol. The van der Waals surface area contributed by atoms with Gasteiger partial charge in [0.25, 0.3) is 0 Å². The Hall–Kier alpha value is -0.200. The fourth-order valence-corrected chi connectivity index (χ4v) is 0.166. The van der Waals surface area contributed by atoms with E-state index >= 15 is 0 Å². The van der Waals surface area contributed by atoms with Crippen molar-refractivity contribution in [1.29, 1.82) is 0 Å². The van der Waals surface area contributed by atoms with Gasteiger partial charge < -0.3 is 5.21 Å². The summed E-state index contributed by atoms with van der Waals surface area (Å²) in [5.41, 5.74) is 0. The van der Waals surface area contributed by atoms with E-state index in [1.165, 1.54) is 7.05 Å². The van der Waals surface area contributed by atoms with Gasteiger partial charge in [0.2, 0.25) is 0 Å². The molecule has 7 heavy (non-hydrogen) atoms. The van der Waals surface area contributed by atoms with Crippen LogP contribution in [-0.2, 0) is 4.94 Å². The zero-order valence-corrected chi connectivity index (χ0v) is 4.16. The SMILES string of the molecule is CN([O-])ON(C)O. The Morgan fingerprint density at radius 1 is 1.57 bits per heavy atom. The summed E-state index contributed by atoms with van der Waals surface area (Å²) in [6.07, 6.45) is 0. The van der Waals surface area contributed by atoms with E-state index in [-0.39, 0.29) is 5.23 Å². The Labute approximate surface area is 41.1 Å². The van der Waals surface area contributed by atoms with Gasteiger partial charge in [0.1, 0.15) is 0 Å². The average Bonchev–Trinajstić information content (AvgIpc) is 1.27. The van der Waals surface area contributed by atoms with E-state index in [1.54, 1.807) is 0 Å². The van der Waals surface area contributed by atoms with Crippen LogP contribution in [0.5, 0.6) is 0 Å². The summed E-state index contributed by atoms with van der Waals surface area (Å²) in [7, 11) is 2.31. The summed E-state index contributed by atoms with van der Waals surface area (Å²) in [6.45, 7) is 0. The number of hydroxylamine groups is 4. The zero-order chi connectivity index (χ0) is 5.86. The third kappa shape index (κ3) is 5.80. The highest BCUT2D eigenvalue weighted by molar-refractivity contribution is 4.19. The van der Waals surface area contributed by atoms with Crippen molar-refractivity contribution < 1.29 is 10.1 Å². The molecule has 0 saturated heterocycles. The Balaban J connectivity index is 2.95. The molecule has 5 nitrogen and oxygen atoms in total. The molecule has 0 aromatic heterocycles. The first-order chi connectivity index (χ1) is 3.13. The fraction of sp³-hybridized carbons (Fsp3) is 1.00. The normalized spacial score (nSPS) is 11.1. The predicted molar refractivity (Wildman–Crippen MR) is 21.8 cm³/mol. The minimum absolute atomic E-state index is 0.125. The molecule has 0 heterocycles. The lowest BCUT2D eigenvalue weighted by Crippen LogP contribution is -2.22. The van der Waals surface area contributed by atoms with Crippen LogP contribution in [0.4, 0.5) is 0 Å². The van der Waals surface area contributed by atoms with Gasteiger partial charge in [-0.3, -0.25) is 5.21 Å². The highest BCUT2D eigenvalue weighted by Gasteiger charge is 1.84. The van der Waals surface area contributed by atoms with Crippen LogP contribution >= 0.6 is 0 Å². The molecule has 0 aromatic rings. The standard InChI is InChI=1S/C2H7N2O3/c1-3(5)7-4(2)6/h5H,1-2H3/q-1. The molecule has 0 aromatic carbocycles. The Kier molecular flexibility index (Phi) is 2.81. The highest BCUT2D eigenvalue weighted by atomic mass is 17.1. The van der Waals surface area contributed by atoms with Gasteiger partial charge in [-0.25, -0.2) is 5.23 Å². The summed E-state index contributed by atoms with van der Waals surface area (Å²) in [5.74, 6) is 0. The molecule has 0 aliphatic rings. The van der Waals surface area contributed by atoms with E-state index in [4.69, 9.17) is 5.21 Å². The number of hydrogen-bond donors (Lipinski definition) is 1. The predicted octanol–water partition coefficient (Wildman–Crippen LogP) is -0.416. The van der Waals surface area contributed by atoms with Crippen LogP contribution in [0.15, 0.2) is 0 Å². The lowest BCUT2D eigenvalue weighted by Gasteiger charge is -2.22. The van der Waals surface area contributed by atoms with Crippen LogP contribution in [0.1, 0.15) is 0 Å². The molecule has 0 rings (SSSR count). The van der Waals surface area contributed by atoms with Crippen LogP contribution in [0, 0.1) is 5.21 Å². The smallest absolute Gasteiger partial charge is 0.0421 e. The summed E-state index contributed by atoms with van der Waals surface area (Å²) >= 11 is 0. The molecule has 0 unspecified atom stereocenters. The molecule has 1 N–H and O–H groups in total. The van der Waals surface area contributed by atoms with E-state index < -0.39 is 0 Å². The molecule has 0 fully saturated rings. The lowest BCUT2D eigenvalue weighted by atomic mass is 11.5. The van der Waals surface area contributed by atoms with Gasteiger partial charge in [-0.2, -0.15) is 4.94 Å². The van der Waals surface area contributed by atoms with Gasteiger partial charge in [-0.1, -0.05) is 5.23 Å². The van der Waals surface area contributed by atoms with E-state index in [0.29, 0.717) is 5.23 Å². The van der Waals surface area contributed by atoms with E-state index in [9.17, 15) is 5.21 Å². The van der Waals surface area contributed by atoms with Gasteiger partial charge in [0.15, 0.2) is 0 Å². The third-order valence-corrected chi connectivity index (χ3v) is 0.233. The van der Waals surface area contributed by atoms with Gasteiger partial charge in [-0.15, -0.1) is 0 Å². The molecule has 5 heteroatoms. The van der Waals surface area contributed by atoms with Crippen molar-refractivity contribution in [3.63, 3.8) is 0 Å². The lowest BCUT2D eigenvalue weighted by molar-refractivity contribution is -0.407. The second-order valence-electron chi connectivity index (χ2n) is 0.986.